The smallest absolute Gasteiger partial charge is 0.294 e. The molecule has 8 heteroatoms. The van der Waals surface area contributed by atoms with E-state index >= 15 is 0 Å². The summed E-state index contributed by atoms with van der Waals surface area (Å²) in [6, 6.07) is 9.97. The topological polar surface area (TPSA) is 98.0 Å². The minimum absolute atomic E-state index is 0. The highest BCUT2D eigenvalue weighted by Crippen LogP contribution is 2.30. The number of hydrogen-bond donors (Lipinski definition) is 1. The minimum atomic E-state index is -0.262. The number of halogens is 1. The number of nitrogens with one attached hydrogen (secondary N) is 1. The van der Waals surface area contributed by atoms with Gasteiger partial charge in [-0.25, -0.2) is 4.98 Å². The van der Waals surface area contributed by atoms with Crippen LogP contribution in [0.2, 0.25) is 0 Å². The molecule has 33 heavy (non-hydrogen) atoms. The Labute approximate surface area is 199 Å². The number of Topliss-reactive ketones (excluding diaryl/α,β-unsaturated/α-hetero) is 1. The molecule has 1 amide bonds. The number of amides is 1. The van der Waals surface area contributed by atoms with Crippen LogP contribution in [0.3, 0.4) is 0 Å². The van der Waals surface area contributed by atoms with Crippen molar-refractivity contribution in [2.45, 2.75) is 58.8 Å². The fourth-order valence-electron chi connectivity index (χ4n) is 3.40. The van der Waals surface area contributed by atoms with Crippen molar-refractivity contribution in [1.82, 2.24) is 15.1 Å². The number of ketones is 1. The van der Waals surface area contributed by atoms with Gasteiger partial charge in [-0.1, -0.05) is 44.1 Å². The average Bonchev–Trinajstić information content (AvgIpc) is 3.48. The number of carbonyl (C=O) groups is 2. The molecule has 3 aromatic rings. The van der Waals surface area contributed by atoms with Gasteiger partial charge in [-0.2, -0.15) is 4.98 Å². The van der Waals surface area contributed by atoms with Crippen LogP contribution < -0.4 is 5.32 Å². The van der Waals surface area contributed by atoms with Gasteiger partial charge in [0.25, 0.3) is 5.89 Å². The summed E-state index contributed by atoms with van der Waals surface area (Å²) < 4.78 is 5.16. The molecule has 4 rings (SSSR count). The molecule has 2 aromatic heterocycles. The first kappa shape index (κ1) is 24.6. The molecule has 1 aromatic carbocycles. The van der Waals surface area contributed by atoms with Gasteiger partial charge in [0.15, 0.2) is 5.82 Å². The maximum Gasteiger partial charge on any atom is 0.294 e. The van der Waals surface area contributed by atoms with Gasteiger partial charge >= 0.3 is 0 Å². The summed E-state index contributed by atoms with van der Waals surface area (Å²) in [7, 11) is 0. The highest BCUT2D eigenvalue weighted by molar-refractivity contribution is 5.93. The molecule has 7 nitrogen and oxygen atoms in total. The first-order chi connectivity index (χ1) is 15.2. The fourth-order valence-corrected chi connectivity index (χ4v) is 3.40. The second-order valence-corrected chi connectivity index (χ2v) is 9.43. The van der Waals surface area contributed by atoms with Crippen molar-refractivity contribution in [3.8, 4) is 11.1 Å². The van der Waals surface area contributed by atoms with E-state index in [1.807, 2.05) is 52.0 Å². The average molecular weight is 469 g/mol. The lowest BCUT2D eigenvalue weighted by Gasteiger charge is -2.11. The lowest BCUT2D eigenvalue weighted by atomic mass is 9.96. The molecule has 1 fully saturated rings. The quantitative estimate of drug-likeness (QED) is 0.471. The number of aryl methyl sites for hydroxylation is 2. The van der Waals surface area contributed by atoms with Gasteiger partial charge in [-0.15, -0.1) is 12.4 Å². The van der Waals surface area contributed by atoms with Crippen LogP contribution in [0, 0.1) is 12.8 Å². The SMILES string of the molecule is Cc1cc(-c2ccnc(NC(=O)C3CC3)c2)ccc1CCC(=O)c1nc(C(C)(C)C)no1.Cl. The van der Waals surface area contributed by atoms with Crippen LogP contribution >= 0.6 is 12.4 Å². The van der Waals surface area contributed by atoms with Crippen molar-refractivity contribution in [2.24, 2.45) is 5.92 Å². The Morgan fingerprint density at radius 3 is 2.48 bits per heavy atom. The van der Waals surface area contributed by atoms with Crippen molar-refractivity contribution in [3.63, 3.8) is 0 Å². The number of rotatable bonds is 7. The molecular weight excluding hydrogens is 440 g/mol. The third-order valence-corrected chi connectivity index (χ3v) is 5.59. The van der Waals surface area contributed by atoms with E-state index in [4.69, 9.17) is 4.52 Å². The Kier molecular flexibility index (Phi) is 7.32. The zero-order valence-corrected chi connectivity index (χ0v) is 20.2. The summed E-state index contributed by atoms with van der Waals surface area (Å²) in [5.41, 5.74) is 3.94. The maximum absolute atomic E-state index is 12.5. The highest BCUT2D eigenvalue weighted by Gasteiger charge is 2.29. The van der Waals surface area contributed by atoms with Crippen LogP contribution in [0.25, 0.3) is 11.1 Å². The number of benzene rings is 1. The number of nitrogens with zero attached hydrogens (tertiary/aromatic N) is 3. The van der Waals surface area contributed by atoms with Crippen molar-refractivity contribution in [3.05, 3.63) is 59.4 Å². The molecule has 174 valence electrons. The third-order valence-electron chi connectivity index (χ3n) is 5.59. The van der Waals surface area contributed by atoms with E-state index in [0.29, 0.717) is 24.5 Å². The van der Waals surface area contributed by atoms with Gasteiger partial charge in [0, 0.05) is 24.0 Å². The lowest BCUT2D eigenvalue weighted by Crippen LogP contribution is -2.14. The number of aromatic nitrogens is 3. The lowest BCUT2D eigenvalue weighted by molar-refractivity contribution is -0.117. The molecule has 0 radical (unpaired) electrons. The van der Waals surface area contributed by atoms with Crippen molar-refractivity contribution >= 4 is 29.9 Å². The van der Waals surface area contributed by atoms with Gasteiger partial charge < -0.3 is 9.84 Å². The van der Waals surface area contributed by atoms with Crippen molar-refractivity contribution in [1.29, 1.82) is 0 Å². The van der Waals surface area contributed by atoms with Gasteiger partial charge in [-0.05, 0) is 60.6 Å². The van der Waals surface area contributed by atoms with E-state index in [2.05, 4.69) is 26.5 Å². The molecule has 1 saturated carbocycles. The van der Waals surface area contributed by atoms with E-state index < -0.39 is 0 Å². The largest absolute Gasteiger partial charge is 0.331 e. The molecule has 0 atom stereocenters. The zero-order chi connectivity index (χ0) is 22.9. The van der Waals surface area contributed by atoms with Crippen LogP contribution in [-0.2, 0) is 16.6 Å². The molecule has 1 aliphatic carbocycles. The molecule has 0 unspecified atom stereocenters. The first-order valence-electron chi connectivity index (χ1n) is 10.9. The summed E-state index contributed by atoms with van der Waals surface area (Å²) in [5.74, 6) is 1.20. The van der Waals surface area contributed by atoms with E-state index in [-0.39, 0.29) is 41.3 Å². The Balaban J connectivity index is 0.00000306. The minimum Gasteiger partial charge on any atom is -0.331 e. The number of pyridine rings is 1. The van der Waals surface area contributed by atoms with Crippen LogP contribution in [0.4, 0.5) is 5.82 Å². The second kappa shape index (κ2) is 9.83. The Morgan fingerprint density at radius 1 is 1.12 bits per heavy atom. The summed E-state index contributed by atoms with van der Waals surface area (Å²) in [4.78, 5) is 33.0. The van der Waals surface area contributed by atoms with E-state index in [9.17, 15) is 9.59 Å². The normalized spacial score (nSPS) is 13.3. The monoisotopic (exact) mass is 468 g/mol. The molecule has 0 spiro atoms. The number of anilines is 1. The summed E-state index contributed by atoms with van der Waals surface area (Å²) in [5, 5.41) is 6.82. The molecule has 0 saturated heterocycles. The number of carbonyl (C=O) groups excluding carboxylic acids is 2. The van der Waals surface area contributed by atoms with Crippen LogP contribution in [0.5, 0.6) is 0 Å². The van der Waals surface area contributed by atoms with Gasteiger partial charge in [0.2, 0.25) is 11.7 Å². The Bertz CT molecular complexity index is 1160. The molecule has 0 bridgehead atoms. The van der Waals surface area contributed by atoms with Crippen molar-refractivity contribution in [2.75, 3.05) is 5.32 Å². The third kappa shape index (κ3) is 6.05. The molecule has 2 heterocycles. The summed E-state index contributed by atoms with van der Waals surface area (Å²) >= 11 is 0. The van der Waals surface area contributed by atoms with Gasteiger partial charge in [0.05, 0.1) is 0 Å². The van der Waals surface area contributed by atoms with Crippen molar-refractivity contribution < 1.29 is 14.1 Å². The molecule has 1 aliphatic rings. The fraction of sp³-hybridized carbons (Fsp3) is 0.400. The highest BCUT2D eigenvalue weighted by atomic mass is 35.5. The number of hydrogen-bond acceptors (Lipinski definition) is 6. The Hall–Kier alpha value is -3.06. The van der Waals surface area contributed by atoms with E-state index in [0.717, 1.165) is 35.1 Å². The van der Waals surface area contributed by atoms with Gasteiger partial charge in [0.1, 0.15) is 5.82 Å². The predicted octanol–water partition coefficient (Wildman–Crippen LogP) is 5.32. The molecule has 0 aliphatic heterocycles. The first-order valence-corrected chi connectivity index (χ1v) is 10.9. The van der Waals surface area contributed by atoms with Gasteiger partial charge in [-0.3, -0.25) is 9.59 Å². The molecular formula is C25H29ClN4O3. The van der Waals surface area contributed by atoms with E-state index in [1.54, 1.807) is 6.20 Å². The second-order valence-electron chi connectivity index (χ2n) is 9.43. The summed E-state index contributed by atoms with van der Waals surface area (Å²) in [6.07, 6.45) is 4.52. The Morgan fingerprint density at radius 2 is 1.85 bits per heavy atom. The van der Waals surface area contributed by atoms with E-state index in [1.165, 1.54) is 0 Å². The predicted molar refractivity (Wildman–Crippen MR) is 129 cm³/mol. The summed E-state index contributed by atoms with van der Waals surface area (Å²) in [6.45, 7) is 7.96. The zero-order valence-electron chi connectivity index (χ0n) is 19.3. The van der Waals surface area contributed by atoms with Crippen LogP contribution in [0.1, 0.15) is 67.7 Å². The standard InChI is InChI=1S/C25H28N4O3.ClH/c1-15-13-18(19-11-12-26-21(14-19)27-22(31)17-6-7-17)8-5-16(15)9-10-20(30)23-28-24(29-32-23)25(2,3)4;/h5,8,11-14,17H,6-7,9-10H2,1-4H3,(H,26,27,31);1H. The van der Waals surface area contributed by atoms with Crippen LogP contribution in [-0.4, -0.2) is 26.8 Å². The van der Waals surface area contributed by atoms with Crippen LogP contribution in [0.15, 0.2) is 41.1 Å². The molecule has 1 N–H and O–H groups in total. The maximum atomic E-state index is 12.5.